The lowest BCUT2D eigenvalue weighted by molar-refractivity contribution is -0.167. The maximum absolute atomic E-state index is 12.9. The third-order valence-corrected chi connectivity index (χ3v) is 12.7. The van der Waals surface area contributed by atoms with Crippen LogP contribution in [0.3, 0.4) is 0 Å². The van der Waals surface area contributed by atoms with E-state index in [0.717, 1.165) is 154 Å². The zero-order valence-electron chi connectivity index (χ0n) is 50.1. The molecule has 0 N–H and O–H groups in total. The first-order chi connectivity index (χ1) is 38.5. The Morgan fingerprint density at radius 2 is 0.500 bits per heavy atom. The van der Waals surface area contributed by atoms with Gasteiger partial charge in [-0.2, -0.15) is 0 Å². The summed E-state index contributed by atoms with van der Waals surface area (Å²) in [5.41, 5.74) is 0. The molecule has 0 amide bonds. The fraction of sp³-hybridized carbons (Fsp3) is 0.597. The molecule has 0 aromatic heterocycles. The predicted octanol–water partition coefficient (Wildman–Crippen LogP) is 21.7. The highest BCUT2D eigenvalue weighted by atomic mass is 16.6. The van der Waals surface area contributed by atoms with Crippen LogP contribution < -0.4 is 0 Å². The maximum Gasteiger partial charge on any atom is 0.306 e. The smallest absolute Gasteiger partial charge is 0.306 e. The van der Waals surface area contributed by atoms with Gasteiger partial charge in [-0.3, -0.25) is 14.4 Å². The molecule has 0 heterocycles. The van der Waals surface area contributed by atoms with Crippen LogP contribution in [-0.2, 0) is 28.6 Å². The van der Waals surface area contributed by atoms with Crippen LogP contribution in [0.4, 0.5) is 0 Å². The van der Waals surface area contributed by atoms with Crippen LogP contribution in [0.5, 0.6) is 0 Å². The summed E-state index contributed by atoms with van der Waals surface area (Å²) >= 11 is 0. The number of rotatable bonds is 55. The molecule has 6 nitrogen and oxygen atoms in total. The number of hydrogen-bond acceptors (Lipinski definition) is 6. The van der Waals surface area contributed by atoms with Crippen LogP contribution in [0.15, 0.2) is 158 Å². The lowest BCUT2D eigenvalue weighted by atomic mass is 10.1. The first-order valence-electron chi connectivity index (χ1n) is 31.5. The quantitative estimate of drug-likeness (QED) is 0.0261. The Labute approximate surface area is 480 Å². The van der Waals surface area contributed by atoms with E-state index in [4.69, 9.17) is 14.2 Å². The summed E-state index contributed by atoms with van der Waals surface area (Å²) in [7, 11) is 0. The van der Waals surface area contributed by atoms with Crippen LogP contribution in [0.25, 0.3) is 0 Å². The molecule has 0 rings (SSSR count). The number of carbonyl (C=O) groups is 3. The van der Waals surface area contributed by atoms with Crippen molar-refractivity contribution in [3.05, 3.63) is 158 Å². The molecule has 0 aliphatic rings. The zero-order valence-corrected chi connectivity index (χ0v) is 50.1. The van der Waals surface area contributed by atoms with Crippen molar-refractivity contribution >= 4 is 17.9 Å². The molecule has 0 saturated heterocycles. The monoisotopic (exact) mass is 1070 g/mol. The van der Waals surface area contributed by atoms with Gasteiger partial charge in [0, 0.05) is 19.3 Å². The highest BCUT2D eigenvalue weighted by Crippen LogP contribution is 2.14. The van der Waals surface area contributed by atoms with Crippen LogP contribution in [0, 0.1) is 0 Å². The highest BCUT2D eigenvalue weighted by Gasteiger charge is 2.19. The molecule has 0 aromatic carbocycles. The minimum absolute atomic E-state index is 0.112. The number of hydrogen-bond donors (Lipinski definition) is 0. The number of esters is 3. The van der Waals surface area contributed by atoms with E-state index in [1.807, 2.05) is 0 Å². The summed E-state index contributed by atoms with van der Waals surface area (Å²) < 4.78 is 16.9. The summed E-state index contributed by atoms with van der Waals surface area (Å²) in [6, 6.07) is 0. The second-order valence-electron chi connectivity index (χ2n) is 20.2. The normalized spacial score (nSPS) is 13.2. The van der Waals surface area contributed by atoms with Crippen molar-refractivity contribution < 1.29 is 28.6 Å². The molecule has 1 unspecified atom stereocenters. The van der Waals surface area contributed by atoms with Gasteiger partial charge in [-0.15, -0.1) is 0 Å². The van der Waals surface area contributed by atoms with Gasteiger partial charge in [0.25, 0.3) is 0 Å². The topological polar surface area (TPSA) is 78.9 Å². The molecule has 0 bridgehead atoms. The Morgan fingerprint density at radius 3 is 0.808 bits per heavy atom. The van der Waals surface area contributed by atoms with Gasteiger partial charge in [0.15, 0.2) is 6.10 Å². The van der Waals surface area contributed by atoms with Crippen LogP contribution in [-0.4, -0.2) is 37.2 Å². The zero-order chi connectivity index (χ0) is 56.4. The average molecular weight is 1080 g/mol. The Kier molecular flexibility index (Phi) is 60.4. The molecule has 0 aliphatic heterocycles. The third kappa shape index (κ3) is 61.9. The van der Waals surface area contributed by atoms with Gasteiger partial charge in [0.1, 0.15) is 13.2 Å². The van der Waals surface area contributed by atoms with E-state index < -0.39 is 6.10 Å². The van der Waals surface area contributed by atoms with Crippen LogP contribution >= 0.6 is 0 Å². The number of allylic oxidation sites excluding steroid dienone is 26. The van der Waals surface area contributed by atoms with Crippen molar-refractivity contribution in [3.63, 3.8) is 0 Å². The first kappa shape index (κ1) is 73.0. The van der Waals surface area contributed by atoms with Crippen molar-refractivity contribution in [1.82, 2.24) is 0 Å². The molecule has 0 fully saturated rings. The fourth-order valence-corrected chi connectivity index (χ4v) is 8.09. The van der Waals surface area contributed by atoms with Crippen molar-refractivity contribution in [2.75, 3.05) is 13.2 Å². The third-order valence-electron chi connectivity index (χ3n) is 12.7. The van der Waals surface area contributed by atoms with E-state index in [1.165, 1.54) is 57.8 Å². The van der Waals surface area contributed by atoms with Gasteiger partial charge in [-0.1, -0.05) is 249 Å². The van der Waals surface area contributed by atoms with E-state index in [2.05, 4.69) is 179 Å². The van der Waals surface area contributed by atoms with E-state index in [0.29, 0.717) is 25.7 Å². The Hall–Kier alpha value is -4.97. The minimum Gasteiger partial charge on any atom is -0.462 e. The van der Waals surface area contributed by atoms with Crippen LogP contribution in [0.2, 0.25) is 0 Å². The molecule has 0 radical (unpaired) electrons. The maximum atomic E-state index is 12.9. The molecular weight excluding hydrogens is 961 g/mol. The van der Waals surface area contributed by atoms with Crippen molar-refractivity contribution in [1.29, 1.82) is 0 Å². The number of carbonyl (C=O) groups excluding carboxylic acids is 3. The Bertz CT molecular complexity index is 1760. The van der Waals surface area contributed by atoms with Crippen molar-refractivity contribution in [2.24, 2.45) is 0 Å². The lowest BCUT2D eigenvalue weighted by Crippen LogP contribution is -2.30. The van der Waals surface area contributed by atoms with Gasteiger partial charge in [-0.05, 0) is 148 Å². The second-order valence-corrected chi connectivity index (χ2v) is 20.2. The molecule has 6 heteroatoms. The largest absolute Gasteiger partial charge is 0.462 e. The Morgan fingerprint density at radius 1 is 0.269 bits per heavy atom. The highest BCUT2D eigenvalue weighted by molar-refractivity contribution is 5.71. The minimum atomic E-state index is -0.817. The van der Waals surface area contributed by atoms with Gasteiger partial charge in [0.05, 0.1) is 0 Å². The second kappa shape index (κ2) is 64.6. The van der Waals surface area contributed by atoms with Gasteiger partial charge in [-0.25, -0.2) is 0 Å². The first-order valence-corrected chi connectivity index (χ1v) is 31.5. The summed E-state index contributed by atoms with van der Waals surface area (Å²) in [4.78, 5) is 38.3. The standard InChI is InChI=1S/C72H114O6/c1-4-7-10-13-16-19-22-25-28-30-32-33-34-35-36-37-38-39-40-42-44-47-50-53-56-59-62-65-71(74)77-68-69(67-76-70(73)64-61-58-55-52-49-46-43-27-24-21-18-15-12-9-6-3)78-72(75)66-63-60-57-54-51-48-45-41-31-29-26-23-20-17-14-11-8-5-2/h7,9-10,12,16,18-21,23,25,27-29,31-33,35-36,38-39,42-44,49,52,69H,4-6,8,11,13-15,17,22,24,26,30,34,37,40-41,45-48,50-51,53-68H2,1-3H3/b10-7-,12-9-,19-16-,21-18-,23-20-,28-25-,31-29-,33-32-,36-35-,39-38-,43-27-,44-42-,52-49-. The SMILES string of the molecule is CC/C=C\C/C=C\C/C=C\C/C=C\C/C=C\C/C=C\C/C=C\CCCCCCCC(=O)OCC(COC(=O)CCCC/C=C\C/C=C\C/C=C\C/C=C\CC)OC(=O)CCCCCCCCC/C=C\C/C=C\CCCCCC. The molecule has 78 heavy (non-hydrogen) atoms. The number of unbranched alkanes of at least 4 members (excludes halogenated alkanes) is 18. The fourth-order valence-electron chi connectivity index (χ4n) is 8.09. The summed E-state index contributed by atoms with van der Waals surface area (Å²) in [6.07, 6.45) is 93.8. The lowest BCUT2D eigenvalue weighted by Gasteiger charge is -2.18. The average Bonchev–Trinajstić information content (AvgIpc) is 3.44. The molecule has 0 saturated carbocycles. The molecule has 0 aromatic rings. The van der Waals surface area contributed by atoms with E-state index in [-0.39, 0.29) is 31.1 Å². The van der Waals surface area contributed by atoms with E-state index in [1.54, 1.807) is 0 Å². The predicted molar refractivity (Wildman–Crippen MR) is 338 cm³/mol. The molecule has 1 atom stereocenters. The summed E-state index contributed by atoms with van der Waals surface area (Å²) in [5.74, 6) is -0.983. The number of ether oxygens (including phenoxy) is 3. The van der Waals surface area contributed by atoms with Gasteiger partial charge in [0.2, 0.25) is 0 Å². The summed E-state index contributed by atoms with van der Waals surface area (Å²) in [5, 5.41) is 0. The van der Waals surface area contributed by atoms with Crippen molar-refractivity contribution in [2.45, 2.75) is 264 Å². The molecule has 0 aliphatic carbocycles. The molecular formula is C72H114O6. The molecule has 0 spiro atoms. The van der Waals surface area contributed by atoms with Gasteiger partial charge < -0.3 is 14.2 Å². The van der Waals surface area contributed by atoms with Crippen LogP contribution in [0.1, 0.15) is 258 Å². The summed E-state index contributed by atoms with van der Waals surface area (Å²) in [6.45, 7) is 6.33. The molecule has 438 valence electrons. The van der Waals surface area contributed by atoms with E-state index in [9.17, 15) is 14.4 Å². The van der Waals surface area contributed by atoms with E-state index >= 15 is 0 Å². The van der Waals surface area contributed by atoms with Gasteiger partial charge >= 0.3 is 17.9 Å². The Balaban J connectivity index is 4.48. The van der Waals surface area contributed by atoms with Crippen molar-refractivity contribution in [3.8, 4) is 0 Å².